The van der Waals surface area contributed by atoms with Crippen LogP contribution in [0.3, 0.4) is 0 Å². The predicted octanol–water partition coefficient (Wildman–Crippen LogP) is 3.01. The number of fused-ring (bicyclic) bond motifs is 1. The van der Waals surface area contributed by atoms with E-state index in [0.717, 1.165) is 25.2 Å². The number of carbonyl (C=O) groups excluding carboxylic acids is 1. The van der Waals surface area contributed by atoms with Crippen LogP contribution in [-0.4, -0.2) is 61.9 Å². The third-order valence-corrected chi connectivity index (χ3v) is 8.73. The monoisotopic (exact) mass is 472 g/mol. The predicted molar refractivity (Wildman–Crippen MR) is 133 cm³/mol. The van der Waals surface area contributed by atoms with Crippen LogP contribution in [0, 0.1) is 0 Å². The van der Waals surface area contributed by atoms with Crippen molar-refractivity contribution in [2.75, 3.05) is 41.4 Å². The topological polar surface area (TPSA) is 90.9 Å². The molecule has 0 spiro atoms. The number of rotatable bonds is 8. The van der Waals surface area contributed by atoms with Gasteiger partial charge in [0.2, 0.25) is 0 Å². The van der Waals surface area contributed by atoms with Gasteiger partial charge in [-0.15, -0.1) is 0 Å². The lowest BCUT2D eigenvalue weighted by Crippen LogP contribution is -2.30. The molecule has 2 atom stereocenters. The Morgan fingerprint density at radius 3 is 2.72 bits per heavy atom. The third-order valence-electron chi connectivity index (χ3n) is 5.59. The molecule has 0 saturated carbocycles. The highest BCUT2D eigenvalue weighted by Crippen LogP contribution is 2.34. The summed E-state index contributed by atoms with van der Waals surface area (Å²) in [5, 5.41) is 6.94. The Bertz CT molecular complexity index is 1090. The van der Waals surface area contributed by atoms with Crippen molar-refractivity contribution in [2.24, 2.45) is 4.99 Å². The van der Waals surface area contributed by atoms with Crippen molar-refractivity contribution in [2.45, 2.75) is 24.6 Å². The lowest BCUT2D eigenvalue weighted by molar-refractivity contribution is 0.0953. The van der Waals surface area contributed by atoms with Crippen molar-refractivity contribution in [1.29, 1.82) is 0 Å². The Kier molecular flexibility index (Phi) is 7.05. The van der Waals surface area contributed by atoms with Gasteiger partial charge in [-0.05, 0) is 43.7 Å². The zero-order valence-corrected chi connectivity index (χ0v) is 19.7. The number of benzene rings is 2. The maximum absolute atomic E-state index is 12.6. The van der Waals surface area contributed by atoms with Crippen LogP contribution in [0.15, 0.2) is 59.6 Å². The fourth-order valence-corrected chi connectivity index (χ4v) is 7.64. The van der Waals surface area contributed by atoms with Crippen LogP contribution in [0.5, 0.6) is 0 Å². The summed E-state index contributed by atoms with van der Waals surface area (Å²) in [6.07, 6.45) is 0.853. The first-order valence-electron chi connectivity index (χ1n) is 10.8. The SMILES string of the molecule is CCN(CCCNC(=O)c1cccc(NC2=N[C@H]3CS(=O)(=O)C[C@H]3S2)c1)c1ccccc1. The third kappa shape index (κ3) is 5.63. The summed E-state index contributed by atoms with van der Waals surface area (Å²) in [6, 6.07) is 17.4. The maximum Gasteiger partial charge on any atom is 0.251 e. The number of amides is 1. The molecular formula is C23H28N4O3S2. The molecule has 0 aromatic heterocycles. The summed E-state index contributed by atoms with van der Waals surface area (Å²) in [7, 11) is -2.97. The maximum atomic E-state index is 12.6. The quantitative estimate of drug-likeness (QED) is 0.574. The van der Waals surface area contributed by atoms with Gasteiger partial charge in [0, 0.05) is 41.8 Å². The molecule has 2 aliphatic rings. The van der Waals surface area contributed by atoms with Crippen LogP contribution in [0.1, 0.15) is 23.7 Å². The number of thioether (sulfide) groups is 1. The van der Waals surface area contributed by atoms with Gasteiger partial charge in [0.1, 0.15) is 0 Å². The smallest absolute Gasteiger partial charge is 0.251 e. The molecule has 1 saturated heterocycles. The van der Waals surface area contributed by atoms with E-state index in [2.05, 4.69) is 39.6 Å². The van der Waals surface area contributed by atoms with E-state index in [-0.39, 0.29) is 28.7 Å². The standard InChI is InChI=1S/C23H28N4O3S2/c1-2-27(19-10-4-3-5-11-19)13-7-12-24-22(28)17-8-6-9-18(14-17)25-23-26-20-15-32(29,30)16-21(20)31-23/h3-6,8-11,14,20-21H,2,7,12-13,15-16H2,1H3,(H,24,28)(H,25,26)/t20-,21+/m0/s1. The first-order chi connectivity index (χ1) is 15.4. The molecule has 170 valence electrons. The Hall–Kier alpha value is -2.52. The second kappa shape index (κ2) is 9.95. The average molecular weight is 473 g/mol. The molecule has 2 heterocycles. The number of carbonyl (C=O) groups is 1. The fourth-order valence-electron chi connectivity index (χ4n) is 3.96. The van der Waals surface area contributed by atoms with Crippen molar-refractivity contribution in [3.05, 3.63) is 60.2 Å². The number of hydrogen-bond donors (Lipinski definition) is 2. The molecule has 2 aliphatic heterocycles. The molecular weight excluding hydrogens is 444 g/mol. The zero-order chi connectivity index (χ0) is 22.6. The number of amidine groups is 1. The van der Waals surface area contributed by atoms with Crippen LogP contribution in [-0.2, 0) is 9.84 Å². The van der Waals surface area contributed by atoms with Gasteiger partial charge in [-0.25, -0.2) is 8.42 Å². The van der Waals surface area contributed by atoms with Crippen molar-refractivity contribution < 1.29 is 13.2 Å². The molecule has 9 heteroatoms. The van der Waals surface area contributed by atoms with Crippen LogP contribution in [0.4, 0.5) is 11.4 Å². The van der Waals surface area contributed by atoms with E-state index < -0.39 is 9.84 Å². The van der Waals surface area contributed by atoms with Gasteiger partial charge in [-0.1, -0.05) is 36.0 Å². The lowest BCUT2D eigenvalue weighted by Gasteiger charge is -2.23. The number of nitrogens with zero attached hydrogens (tertiary/aromatic N) is 2. The molecule has 2 aromatic carbocycles. The zero-order valence-electron chi connectivity index (χ0n) is 18.0. The number of hydrogen-bond acceptors (Lipinski definition) is 7. The van der Waals surface area contributed by atoms with Gasteiger partial charge in [0.15, 0.2) is 15.0 Å². The number of nitrogens with one attached hydrogen (secondary N) is 2. The first-order valence-corrected chi connectivity index (χ1v) is 13.5. The summed E-state index contributed by atoms with van der Waals surface area (Å²) in [6.45, 7) is 4.52. The van der Waals surface area contributed by atoms with Crippen molar-refractivity contribution in [3.8, 4) is 0 Å². The minimum Gasteiger partial charge on any atom is -0.372 e. The van der Waals surface area contributed by atoms with Gasteiger partial charge >= 0.3 is 0 Å². The number of aliphatic imine (C=N–C) groups is 1. The second-order valence-corrected chi connectivity index (χ2v) is 11.3. The van der Waals surface area contributed by atoms with Crippen molar-refractivity contribution in [1.82, 2.24) is 5.32 Å². The minimum atomic E-state index is -2.97. The normalized spacial score (nSPS) is 21.0. The summed E-state index contributed by atoms with van der Waals surface area (Å²) < 4.78 is 23.4. The molecule has 0 bridgehead atoms. The average Bonchev–Trinajstić information content (AvgIpc) is 3.26. The first kappa shape index (κ1) is 22.7. The lowest BCUT2D eigenvalue weighted by atomic mass is 10.2. The molecule has 4 rings (SSSR count). The molecule has 0 unspecified atom stereocenters. The Morgan fingerprint density at radius 1 is 1.16 bits per heavy atom. The van der Waals surface area contributed by atoms with Crippen LogP contribution in [0.25, 0.3) is 0 Å². The Balaban J connectivity index is 1.26. The number of sulfone groups is 1. The van der Waals surface area contributed by atoms with E-state index in [1.54, 1.807) is 12.1 Å². The largest absolute Gasteiger partial charge is 0.372 e. The van der Waals surface area contributed by atoms with Gasteiger partial charge in [-0.2, -0.15) is 0 Å². The molecule has 32 heavy (non-hydrogen) atoms. The van der Waals surface area contributed by atoms with E-state index in [1.165, 1.54) is 17.4 Å². The van der Waals surface area contributed by atoms with E-state index >= 15 is 0 Å². The highest BCUT2D eigenvalue weighted by atomic mass is 32.2. The highest BCUT2D eigenvalue weighted by molar-refractivity contribution is 8.15. The van der Waals surface area contributed by atoms with Crippen LogP contribution < -0.4 is 15.5 Å². The van der Waals surface area contributed by atoms with Gasteiger partial charge in [0.25, 0.3) is 5.91 Å². The van der Waals surface area contributed by atoms with Crippen molar-refractivity contribution in [3.63, 3.8) is 0 Å². The van der Waals surface area contributed by atoms with Crippen LogP contribution >= 0.6 is 11.8 Å². The molecule has 0 radical (unpaired) electrons. The molecule has 1 fully saturated rings. The molecule has 2 aromatic rings. The molecule has 7 nitrogen and oxygen atoms in total. The van der Waals surface area contributed by atoms with Gasteiger partial charge in [-0.3, -0.25) is 9.79 Å². The molecule has 2 N–H and O–H groups in total. The number of para-hydroxylation sites is 1. The summed E-state index contributed by atoms with van der Waals surface area (Å²) in [5.41, 5.74) is 2.54. The van der Waals surface area contributed by atoms with Gasteiger partial charge in [0.05, 0.1) is 17.5 Å². The summed E-state index contributed by atoms with van der Waals surface area (Å²) in [5.74, 6) is 0.192. The molecule has 1 amide bonds. The van der Waals surface area contributed by atoms with E-state index in [9.17, 15) is 13.2 Å². The van der Waals surface area contributed by atoms with E-state index in [4.69, 9.17) is 0 Å². The Labute approximate surface area is 193 Å². The van der Waals surface area contributed by atoms with Crippen molar-refractivity contribution >= 4 is 44.0 Å². The second-order valence-electron chi connectivity index (χ2n) is 7.97. The highest BCUT2D eigenvalue weighted by Gasteiger charge is 2.42. The summed E-state index contributed by atoms with van der Waals surface area (Å²) in [4.78, 5) is 19.4. The Morgan fingerprint density at radius 2 is 1.97 bits per heavy atom. The minimum absolute atomic E-state index is 0.00689. The van der Waals surface area contributed by atoms with Crippen LogP contribution in [0.2, 0.25) is 0 Å². The van der Waals surface area contributed by atoms with Gasteiger partial charge < -0.3 is 15.5 Å². The fraction of sp³-hybridized carbons (Fsp3) is 0.391. The number of anilines is 2. The summed E-state index contributed by atoms with van der Waals surface area (Å²) >= 11 is 1.47. The van der Waals surface area contributed by atoms with E-state index in [1.807, 2.05) is 30.3 Å². The van der Waals surface area contributed by atoms with E-state index in [0.29, 0.717) is 17.3 Å². The molecule has 0 aliphatic carbocycles.